The summed E-state index contributed by atoms with van der Waals surface area (Å²) >= 11 is 0. The number of carbonyl (C=O) groups excluding carboxylic acids is 1. The van der Waals surface area contributed by atoms with E-state index in [-0.39, 0.29) is 17.5 Å². The minimum atomic E-state index is -0.102. The van der Waals surface area contributed by atoms with Crippen LogP contribution in [0.25, 0.3) is 0 Å². The molecule has 0 aromatic rings. The fourth-order valence-electron chi connectivity index (χ4n) is 1.75. The largest absolute Gasteiger partial charge is 0.376 e. The minimum Gasteiger partial charge on any atom is -0.376 e. The van der Waals surface area contributed by atoms with Gasteiger partial charge in [-0.1, -0.05) is 0 Å². The highest BCUT2D eigenvalue weighted by Gasteiger charge is 2.44. The molecule has 2 heterocycles. The first kappa shape index (κ1) is 7.06. The number of carbonyl (C=O) groups is 1. The van der Waals surface area contributed by atoms with Crippen molar-refractivity contribution in [1.29, 1.82) is 0 Å². The van der Waals surface area contributed by atoms with Gasteiger partial charge in [0.25, 0.3) is 0 Å². The first-order chi connectivity index (χ1) is 5.20. The maximum Gasteiger partial charge on any atom is 0.222 e. The molecule has 0 radical (unpaired) electrons. The molecule has 0 saturated carbocycles. The Kier molecular flexibility index (Phi) is 1.40. The number of amides is 1. The van der Waals surface area contributed by atoms with Gasteiger partial charge in [-0.2, -0.15) is 0 Å². The Labute approximate surface area is 65.1 Å². The third kappa shape index (κ3) is 1.12. The summed E-state index contributed by atoms with van der Waals surface area (Å²) in [5.41, 5.74) is 5.59. The van der Waals surface area contributed by atoms with Crippen molar-refractivity contribution in [1.82, 2.24) is 5.32 Å². The summed E-state index contributed by atoms with van der Waals surface area (Å²) in [5, 5.41) is 2.92. The van der Waals surface area contributed by atoms with Crippen molar-refractivity contribution in [3.8, 4) is 0 Å². The van der Waals surface area contributed by atoms with Crippen LogP contribution in [0.4, 0.5) is 0 Å². The molecule has 4 nitrogen and oxygen atoms in total. The van der Waals surface area contributed by atoms with Crippen molar-refractivity contribution in [2.45, 2.75) is 24.4 Å². The zero-order valence-corrected chi connectivity index (χ0v) is 6.30. The molecule has 0 aromatic carbocycles. The van der Waals surface area contributed by atoms with Crippen molar-refractivity contribution in [2.24, 2.45) is 5.73 Å². The van der Waals surface area contributed by atoms with Crippen LogP contribution in [0.1, 0.15) is 12.8 Å². The van der Waals surface area contributed by atoms with Gasteiger partial charge in [0.2, 0.25) is 5.91 Å². The van der Waals surface area contributed by atoms with E-state index >= 15 is 0 Å². The normalized spacial score (nSPS) is 34.6. The van der Waals surface area contributed by atoms with Crippen LogP contribution in [0.3, 0.4) is 0 Å². The van der Waals surface area contributed by atoms with E-state index in [2.05, 4.69) is 5.32 Å². The second kappa shape index (κ2) is 2.19. The molecule has 0 aliphatic carbocycles. The van der Waals surface area contributed by atoms with Gasteiger partial charge in [0.1, 0.15) is 0 Å². The summed E-state index contributed by atoms with van der Waals surface area (Å²) in [6.45, 7) is 1.26. The molecule has 1 amide bonds. The van der Waals surface area contributed by atoms with Gasteiger partial charge in [-0.3, -0.25) is 4.79 Å². The van der Waals surface area contributed by atoms with E-state index in [1.807, 2.05) is 0 Å². The standard InChI is InChI=1S/C7H12N2O2/c8-5-1-6(10)9-7(2-5)3-11-4-7/h5H,1-4,8H2,(H,9,10). The Morgan fingerprint density at radius 2 is 2.36 bits per heavy atom. The Morgan fingerprint density at radius 1 is 1.64 bits per heavy atom. The Hall–Kier alpha value is -0.610. The number of hydrogen-bond acceptors (Lipinski definition) is 3. The number of piperidine rings is 1. The molecular weight excluding hydrogens is 144 g/mol. The lowest BCUT2D eigenvalue weighted by molar-refractivity contribution is -0.140. The molecule has 0 aromatic heterocycles. The number of ether oxygens (including phenoxy) is 1. The summed E-state index contributed by atoms with van der Waals surface area (Å²) < 4.78 is 5.04. The zero-order chi connectivity index (χ0) is 7.90. The van der Waals surface area contributed by atoms with Gasteiger partial charge in [-0.25, -0.2) is 0 Å². The topological polar surface area (TPSA) is 64.4 Å². The molecule has 1 spiro atoms. The van der Waals surface area contributed by atoms with Crippen molar-refractivity contribution in [3.05, 3.63) is 0 Å². The van der Waals surface area contributed by atoms with E-state index in [9.17, 15) is 4.79 Å². The predicted octanol–water partition coefficient (Wildman–Crippen LogP) is -1.01. The summed E-state index contributed by atoms with van der Waals surface area (Å²) in [6.07, 6.45) is 1.32. The Bertz CT molecular complexity index is 189. The second-order valence-corrected chi connectivity index (χ2v) is 3.49. The van der Waals surface area contributed by atoms with Gasteiger partial charge in [0.05, 0.1) is 18.8 Å². The molecule has 2 rings (SSSR count). The van der Waals surface area contributed by atoms with Crippen LogP contribution in [0, 0.1) is 0 Å². The van der Waals surface area contributed by atoms with Gasteiger partial charge in [0.15, 0.2) is 0 Å². The van der Waals surface area contributed by atoms with Crippen LogP contribution in [0.5, 0.6) is 0 Å². The van der Waals surface area contributed by atoms with Crippen LogP contribution in [0.2, 0.25) is 0 Å². The fourth-order valence-corrected chi connectivity index (χ4v) is 1.75. The quantitative estimate of drug-likeness (QED) is 0.472. The van der Waals surface area contributed by atoms with Gasteiger partial charge in [0, 0.05) is 12.5 Å². The molecule has 4 heteroatoms. The minimum absolute atomic E-state index is 0.0210. The van der Waals surface area contributed by atoms with Gasteiger partial charge >= 0.3 is 0 Å². The van der Waals surface area contributed by atoms with Gasteiger partial charge in [-0.05, 0) is 6.42 Å². The number of hydrogen-bond donors (Lipinski definition) is 2. The average Bonchev–Trinajstić information content (AvgIpc) is 1.82. The van der Waals surface area contributed by atoms with Gasteiger partial charge in [-0.15, -0.1) is 0 Å². The van der Waals surface area contributed by atoms with Crippen molar-refractivity contribution < 1.29 is 9.53 Å². The van der Waals surface area contributed by atoms with E-state index in [0.29, 0.717) is 19.6 Å². The summed E-state index contributed by atoms with van der Waals surface area (Å²) in [7, 11) is 0. The summed E-state index contributed by atoms with van der Waals surface area (Å²) in [6, 6.07) is 0.0210. The molecule has 1 atom stereocenters. The van der Waals surface area contributed by atoms with E-state index < -0.39 is 0 Å². The van der Waals surface area contributed by atoms with E-state index in [0.717, 1.165) is 6.42 Å². The second-order valence-electron chi connectivity index (χ2n) is 3.49. The molecular formula is C7H12N2O2. The molecule has 3 N–H and O–H groups in total. The number of rotatable bonds is 0. The molecule has 0 bridgehead atoms. The predicted molar refractivity (Wildman–Crippen MR) is 38.9 cm³/mol. The van der Waals surface area contributed by atoms with Crippen molar-refractivity contribution in [2.75, 3.05) is 13.2 Å². The third-order valence-corrected chi connectivity index (χ3v) is 2.26. The summed E-state index contributed by atoms with van der Waals surface area (Å²) in [5.74, 6) is 0.0621. The molecule has 2 aliphatic heterocycles. The maximum absolute atomic E-state index is 11.0. The molecule has 2 saturated heterocycles. The van der Waals surface area contributed by atoms with Crippen LogP contribution in [0.15, 0.2) is 0 Å². The smallest absolute Gasteiger partial charge is 0.222 e. The molecule has 1 unspecified atom stereocenters. The highest BCUT2D eigenvalue weighted by atomic mass is 16.5. The lowest BCUT2D eigenvalue weighted by atomic mass is 9.84. The van der Waals surface area contributed by atoms with E-state index in [4.69, 9.17) is 10.5 Å². The zero-order valence-electron chi connectivity index (χ0n) is 6.30. The third-order valence-electron chi connectivity index (χ3n) is 2.26. The van der Waals surface area contributed by atoms with Crippen LogP contribution in [-0.2, 0) is 9.53 Å². The number of nitrogens with one attached hydrogen (secondary N) is 1. The van der Waals surface area contributed by atoms with Crippen molar-refractivity contribution >= 4 is 5.91 Å². The fraction of sp³-hybridized carbons (Fsp3) is 0.857. The van der Waals surface area contributed by atoms with E-state index in [1.165, 1.54) is 0 Å². The van der Waals surface area contributed by atoms with Gasteiger partial charge < -0.3 is 15.8 Å². The van der Waals surface area contributed by atoms with Crippen LogP contribution in [-0.4, -0.2) is 30.7 Å². The molecule has 11 heavy (non-hydrogen) atoms. The lowest BCUT2D eigenvalue weighted by Gasteiger charge is -2.46. The van der Waals surface area contributed by atoms with E-state index in [1.54, 1.807) is 0 Å². The average molecular weight is 156 g/mol. The van der Waals surface area contributed by atoms with Crippen molar-refractivity contribution in [3.63, 3.8) is 0 Å². The van der Waals surface area contributed by atoms with Crippen LogP contribution < -0.4 is 11.1 Å². The molecule has 2 fully saturated rings. The monoisotopic (exact) mass is 156 g/mol. The SMILES string of the molecule is NC1CC(=O)NC2(COC2)C1. The Balaban J connectivity index is 2.06. The highest BCUT2D eigenvalue weighted by molar-refractivity contribution is 5.78. The van der Waals surface area contributed by atoms with Crippen LogP contribution >= 0.6 is 0 Å². The maximum atomic E-state index is 11.0. The summed E-state index contributed by atoms with van der Waals surface area (Å²) in [4.78, 5) is 11.0. The molecule has 62 valence electrons. The first-order valence-corrected chi connectivity index (χ1v) is 3.85. The Morgan fingerprint density at radius 3 is 2.82 bits per heavy atom. The lowest BCUT2D eigenvalue weighted by Crippen LogP contribution is -2.67. The first-order valence-electron chi connectivity index (χ1n) is 3.85. The number of nitrogens with two attached hydrogens (primary N) is 1. The molecule has 2 aliphatic rings. The highest BCUT2D eigenvalue weighted by Crippen LogP contribution is 2.26.